The molecule has 0 aliphatic carbocycles. The molecule has 1 aliphatic heterocycles. The van der Waals surface area contributed by atoms with Crippen LogP contribution in [0.4, 0.5) is 13.2 Å². The summed E-state index contributed by atoms with van der Waals surface area (Å²) in [6.07, 6.45) is -1.73. The van der Waals surface area contributed by atoms with Crippen LogP contribution in [0, 0.1) is 16.7 Å². The van der Waals surface area contributed by atoms with Gasteiger partial charge in [0, 0.05) is 18.3 Å². The number of halogens is 3. The first-order valence-electron chi connectivity index (χ1n) is 6.09. The molecule has 2 rings (SSSR count). The second kappa shape index (κ2) is 5.17. The van der Waals surface area contributed by atoms with Gasteiger partial charge in [-0.1, -0.05) is 0 Å². The van der Waals surface area contributed by atoms with Crippen LogP contribution < -0.4 is 5.32 Å². The van der Waals surface area contributed by atoms with E-state index in [1.165, 1.54) is 6.07 Å². The Balaban J connectivity index is 2.13. The number of nitriles is 1. The number of pyridine rings is 1. The third kappa shape index (κ3) is 3.24. The summed E-state index contributed by atoms with van der Waals surface area (Å²) >= 11 is 0. The van der Waals surface area contributed by atoms with Crippen LogP contribution in [0.25, 0.3) is 0 Å². The third-order valence-electron chi connectivity index (χ3n) is 3.47. The maximum atomic E-state index is 12.4. The van der Waals surface area contributed by atoms with Crippen molar-refractivity contribution in [3.05, 3.63) is 29.6 Å². The Morgan fingerprint density at radius 1 is 1.32 bits per heavy atom. The summed E-state index contributed by atoms with van der Waals surface area (Å²) in [6.45, 7) is 1.52. The van der Waals surface area contributed by atoms with E-state index in [1.807, 2.05) is 0 Å². The quantitative estimate of drug-likeness (QED) is 0.897. The molecule has 102 valence electrons. The number of rotatable bonds is 2. The molecule has 1 aliphatic rings. The Labute approximate surface area is 109 Å². The van der Waals surface area contributed by atoms with Gasteiger partial charge in [0.05, 0.1) is 17.0 Å². The van der Waals surface area contributed by atoms with Crippen molar-refractivity contribution >= 4 is 0 Å². The van der Waals surface area contributed by atoms with E-state index in [2.05, 4.69) is 16.4 Å². The first kappa shape index (κ1) is 13.8. The molecule has 19 heavy (non-hydrogen) atoms. The van der Waals surface area contributed by atoms with E-state index >= 15 is 0 Å². The monoisotopic (exact) mass is 269 g/mol. The smallest absolute Gasteiger partial charge is 0.317 e. The molecule has 1 N–H and O–H groups in total. The molecule has 1 aromatic heterocycles. The minimum atomic E-state index is -4.37. The van der Waals surface area contributed by atoms with Gasteiger partial charge in [0.25, 0.3) is 0 Å². The molecule has 0 amide bonds. The zero-order chi connectivity index (χ0) is 13.9. The molecule has 1 saturated heterocycles. The number of hydrogen-bond donors (Lipinski definition) is 1. The van der Waals surface area contributed by atoms with E-state index in [0.29, 0.717) is 25.0 Å². The predicted octanol–water partition coefficient (Wildman–Crippen LogP) is 2.54. The highest BCUT2D eigenvalue weighted by molar-refractivity contribution is 5.19. The van der Waals surface area contributed by atoms with E-state index in [-0.39, 0.29) is 0 Å². The van der Waals surface area contributed by atoms with Crippen molar-refractivity contribution in [3.8, 4) is 6.07 Å². The molecule has 2 heterocycles. The van der Waals surface area contributed by atoms with Crippen molar-refractivity contribution in [1.82, 2.24) is 10.3 Å². The highest BCUT2D eigenvalue weighted by Gasteiger charge is 2.34. The standard InChI is InChI=1S/C13H14F3N3/c14-13(15,16)10-1-2-11(19-8-10)7-12(9-17)3-5-18-6-4-12/h1-2,8,18H,3-7H2. The van der Waals surface area contributed by atoms with Crippen molar-refractivity contribution in [2.45, 2.75) is 25.4 Å². The van der Waals surface area contributed by atoms with E-state index in [0.717, 1.165) is 25.4 Å². The van der Waals surface area contributed by atoms with E-state index in [9.17, 15) is 18.4 Å². The molecule has 0 unspecified atom stereocenters. The lowest BCUT2D eigenvalue weighted by Crippen LogP contribution is -2.37. The Hall–Kier alpha value is -1.61. The Morgan fingerprint density at radius 3 is 2.47 bits per heavy atom. The number of piperidine rings is 1. The van der Waals surface area contributed by atoms with Gasteiger partial charge in [-0.05, 0) is 38.1 Å². The van der Waals surface area contributed by atoms with Crippen molar-refractivity contribution < 1.29 is 13.2 Å². The van der Waals surface area contributed by atoms with E-state index in [1.54, 1.807) is 0 Å². The summed E-state index contributed by atoms with van der Waals surface area (Å²) in [6, 6.07) is 4.70. The summed E-state index contributed by atoms with van der Waals surface area (Å²) in [7, 11) is 0. The van der Waals surface area contributed by atoms with Gasteiger partial charge in [-0.3, -0.25) is 4.98 Å². The summed E-state index contributed by atoms with van der Waals surface area (Å²) < 4.78 is 37.3. The second-order valence-electron chi connectivity index (χ2n) is 4.85. The molecular weight excluding hydrogens is 255 g/mol. The van der Waals surface area contributed by atoms with Crippen LogP contribution in [0.1, 0.15) is 24.1 Å². The number of nitrogens with zero attached hydrogens (tertiary/aromatic N) is 2. The summed E-state index contributed by atoms with van der Waals surface area (Å²) in [5.41, 5.74) is -0.720. The topological polar surface area (TPSA) is 48.7 Å². The fourth-order valence-corrected chi connectivity index (χ4v) is 2.28. The molecule has 0 saturated carbocycles. The molecule has 0 bridgehead atoms. The molecule has 0 radical (unpaired) electrons. The van der Waals surface area contributed by atoms with Crippen molar-refractivity contribution in [2.75, 3.05) is 13.1 Å². The van der Waals surface area contributed by atoms with Crippen LogP contribution in [-0.4, -0.2) is 18.1 Å². The zero-order valence-corrected chi connectivity index (χ0v) is 10.3. The van der Waals surface area contributed by atoms with E-state index < -0.39 is 17.2 Å². The first-order valence-corrected chi connectivity index (χ1v) is 6.09. The van der Waals surface area contributed by atoms with Gasteiger partial charge in [-0.15, -0.1) is 0 Å². The lowest BCUT2D eigenvalue weighted by Gasteiger charge is -2.30. The number of hydrogen-bond acceptors (Lipinski definition) is 3. The predicted molar refractivity (Wildman–Crippen MR) is 63.1 cm³/mol. The highest BCUT2D eigenvalue weighted by Crippen LogP contribution is 2.33. The zero-order valence-electron chi connectivity index (χ0n) is 10.3. The summed E-state index contributed by atoms with van der Waals surface area (Å²) in [5.74, 6) is 0. The van der Waals surface area contributed by atoms with Gasteiger partial charge in [0.15, 0.2) is 0 Å². The lowest BCUT2D eigenvalue weighted by atomic mass is 9.76. The van der Waals surface area contributed by atoms with Crippen LogP contribution in [0.5, 0.6) is 0 Å². The minimum Gasteiger partial charge on any atom is -0.317 e. The largest absolute Gasteiger partial charge is 0.417 e. The van der Waals surface area contributed by atoms with Crippen molar-refractivity contribution in [1.29, 1.82) is 5.26 Å². The number of nitrogens with one attached hydrogen (secondary N) is 1. The van der Waals surface area contributed by atoms with Gasteiger partial charge < -0.3 is 5.32 Å². The molecule has 6 heteroatoms. The average molecular weight is 269 g/mol. The average Bonchev–Trinajstić information content (AvgIpc) is 2.39. The first-order chi connectivity index (χ1) is 8.95. The second-order valence-corrected chi connectivity index (χ2v) is 4.85. The SMILES string of the molecule is N#CC1(Cc2ccc(C(F)(F)F)cn2)CCNCC1. The maximum Gasteiger partial charge on any atom is 0.417 e. The summed E-state index contributed by atoms with van der Waals surface area (Å²) in [4.78, 5) is 3.84. The fraction of sp³-hybridized carbons (Fsp3) is 0.538. The third-order valence-corrected chi connectivity index (χ3v) is 3.47. The molecule has 1 fully saturated rings. The Bertz CT molecular complexity index is 467. The number of alkyl halides is 3. The highest BCUT2D eigenvalue weighted by atomic mass is 19.4. The molecule has 0 spiro atoms. The molecule has 0 aromatic carbocycles. The molecule has 3 nitrogen and oxygen atoms in total. The Morgan fingerprint density at radius 2 is 2.00 bits per heavy atom. The van der Waals surface area contributed by atoms with Gasteiger partial charge in [-0.25, -0.2) is 0 Å². The van der Waals surface area contributed by atoms with Crippen LogP contribution in [-0.2, 0) is 12.6 Å². The van der Waals surface area contributed by atoms with Gasteiger partial charge >= 0.3 is 6.18 Å². The van der Waals surface area contributed by atoms with Gasteiger partial charge in [0.2, 0.25) is 0 Å². The van der Waals surface area contributed by atoms with Crippen molar-refractivity contribution in [2.24, 2.45) is 5.41 Å². The van der Waals surface area contributed by atoms with E-state index in [4.69, 9.17) is 0 Å². The Kier molecular flexibility index (Phi) is 3.76. The van der Waals surface area contributed by atoms with Crippen LogP contribution in [0.3, 0.4) is 0 Å². The van der Waals surface area contributed by atoms with Crippen LogP contribution >= 0.6 is 0 Å². The fourth-order valence-electron chi connectivity index (χ4n) is 2.28. The number of aromatic nitrogens is 1. The molecule has 0 atom stereocenters. The minimum absolute atomic E-state index is 0.406. The van der Waals surface area contributed by atoms with Crippen molar-refractivity contribution in [3.63, 3.8) is 0 Å². The van der Waals surface area contributed by atoms with Crippen LogP contribution in [0.15, 0.2) is 18.3 Å². The normalized spacial score (nSPS) is 18.8. The van der Waals surface area contributed by atoms with Crippen LogP contribution in [0.2, 0.25) is 0 Å². The summed E-state index contributed by atoms with van der Waals surface area (Å²) in [5, 5.41) is 12.5. The lowest BCUT2D eigenvalue weighted by molar-refractivity contribution is -0.137. The molecule has 1 aromatic rings. The van der Waals surface area contributed by atoms with Gasteiger partial charge in [0.1, 0.15) is 0 Å². The van der Waals surface area contributed by atoms with Gasteiger partial charge in [-0.2, -0.15) is 18.4 Å². The molecular formula is C13H14F3N3. The maximum absolute atomic E-state index is 12.4.